The van der Waals surface area contributed by atoms with Crippen LogP contribution in [0.2, 0.25) is 0 Å². The number of likely N-dealkylation sites (N-methyl/N-ethyl adjacent to an activating group) is 2. The predicted molar refractivity (Wildman–Crippen MR) is 153 cm³/mol. The first-order valence-electron chi connectivity index (χ1n) is 12.8. The van der Waals surface area contributed by atoms with Crippen LogP contribution in [0.4, 0.5) is 11.6 Å². The topological polar surface area (TPSA) is 122 Å². The number of fused-ring (bicyclic) bond motifs is 1. The molecule has 1 aromatic carbocycles. The van der Waals surface area contributed by atoms with Crippen LogP contribution in [0.5, 0.6) is 0 Å². The van der Waals surface area contributed by atoms with Gasteiger partial charge in [0.05, 0.1) is 6.54 Å². The number of aromatic nitrogens is 4. The third kappa shape index (κ3) is 6.66. The highest BCUT2D eigenvalue weighted by Gasteiger charge is 2.19. The Hall–Kier alpha value is -4.57. The number of anilines is 2. The van der Waals surface area contributed by atoms with Crippen LogP contribution in [0.3, 0.4) is 0 Å². The molecule has 0 bridgehead atoms. The first-order chi connectivity index (χ1) is 18.8. The minimum absolute atomic E-state index is 0.123. The second-order valence-electron chi connectivity index (χ2n) is 9.60. The van der Waals surface area contributed by atoms with Gasteiger partial charge in [0.2, 0.25) is 5.91 Å². The van der Waals surface area contributed by atoms with Crippen LogP contribution in [-0.4, -0.2) is 68.7 Å². The van der Waals surface area contributed by atoms with Crippen molar-refractivity contribution >= 4 is 29.0 Å². The number of benzene rings is 1. The largest absolute Gasteiger partial charge is 0.382 e. The fourth-order valence-corrected chi connectivity index (χ4v) is 4.17. The summed E-state index contributed by atoms with van der Waals surface area (Å²) in [7, 11) is 5.61. The van der Waals surface area contributed by atoms with Crippen LogP contribution in [0.25, 0.3) is 16.8 Å². The molecular formula is C29H34N8O2. The number of imidazole rings is 1. The van der Waals surface area contributed by atoms with Crippen molar-refractivity contribution in [3.63, 3.8) is 0 Å². The van der Waals surface area contributed by atoms with E-state index in [2.05, 4.69) is 22.2 Å². The number of amides is 2. The first-order valence-corrected chi connectivity index (χ1v) is 12.8. The molecule has 0 atom stereocenters. The van der Waals surface area contributed by atoms with Gasteiger partial charge < -0.3 is 20.9 Å². The molecule has 3 heterocycles. The third-order valence-corrected chi connectivity index (χ3v) is 6.17. The second kappa shape index (κ2) is 12.3. The predicted octanol–water partition coefficient (Wildman–Crippen LogP) is 3.65. The van der Waals surface area contributed by atoms with Crippen LogP contribution >= 0.6 is 0 Å². The SMILES string of the molecule is CCCc1ccnc(NC(=O)c2ccc(-c3nc(CN(C)C(=O)/C=C/CN(C)C)n4ccnc(N)c34)cc2)c1. The van der Waals surface area contributed by atoms with E-state index in [0.29, 0.717) is 40.8 Å². The molecule has 4 rings (SSSR count). The maximum absolute atomic E-state index is 12.9. The molecule has 39 heavy (non-hydrogen) atoms. The molecule has 0 aliphatic rings. The third-order valence-electron chi connectivity index (χ3n) is 6.17. The Morgan fingerprint density at radius 1 is 1.08 bits per heavy atom. The van der Waals surface area contributed by atoms with Gasteiger partial charge in [0.15, 0.2) is 0 Å². The zero-order valence-electron chi connectivity index (χ0n) is 22.8. The summed E-state index contributed by atoms with van der Waals surface area (Å²) < 4.78 is 1.85. The van der Waals surface area contributed by atoms with E-state index in [-0.39, 0.29) is 18.4 Å². The number of aryl methyl sites for hydroxylation is 1. The Morgan fingerprint density at radius 3 is 2.56 bits per heavy atom. The Labute approximate surface area is 228 Å². The number of carbonyl (C=O) groups is 2. The summed E-state index contributed by atoms with van der Waals surface area (Å²) in [4.78, 5) is 42.3. The van der Waals surface area contributed by atoms with Gasteiger partial charge in [0.25, 0.3) is 5.91 Å². The van der Waals surface area contributed by atoms with E-state index in [1.54, 1.807) is 48.7 Å². The van der Waals surface area contributed by atoms with E-state index < -0.39 is 0 Å². The molecule has 3 aromatic heterocycles. The molecule has 0 aliphatic carbocycles. The van der Waals surface area contributed by atoms with Crippen LogP contribution in [0.15, 0.2) is 67.1 Å². The average Bonchev–Trinajstić information content (AvgIpc) is 3.28. The molecule has 0 saturated heterocycles. The summed E-state index contributed by atoms with van der Waals surface area (Å²) in [6.45, 7) is 3.06. The number of rotatable bonds is 10. The molecule has 4 aromatic rings. The molecule has 0 radical (unpaired) electrons. The van der Waals surface area contributed by atoms with Crippen LogP contribution < -0.4 is 11.1 Å². The van der Waals surface area contributed by atoms with Crippen molar-refractivity contribution in [2.24, 2.45) is 0 Å². The molecule has 10 nitrogen and oxygen atoms in total. The molecule has 0 fully saturated rings. The van der Waals surface area contributed by atoms with Gasteiger partial charge in [-0.15, -0.1) is 0 Å². The summed E-state index contributed by atoms with van der Waals surface area (Å²) >= 11 is 0. The number of carbonyl (C=O) groups excluding carboxylic acids is 2. The molecule has 10 heteroatoms. The number of nitrogens with one attached hydrogen (secondary N) is 1. The summed E-state index contributed by atoms with van der Waals surface area (Å²) in [5, 5.41) is 2.87. The first kappa shape index (κ1) is 27.5. The van der Waals surface area contributed by atoms with Gasteiger partial charge in [-0.05, 0) is 50.3 Å². The normalized spacial score (nSPS) is 11.4. The van der Waals surface area contributed by atoms with E-state index in [0.717, 1.165) is 24.0 Å². The lowest BCUT2D eigenvalue weighted by molar-refractivity contribution is -0.125. The van der Waals surface area contributed by atoms with Crippen molar-refractivity contribution in [1.29, 1.82) is 0 Å². The van der Waals surface area contributed by atoms with Crippen molar-refractivity contribution in [2.75, 3.05) is 38.7 Å². The van der Waals surface area contributed by atoms with Gasteiger partial charge in [0, 0.05) is 49.4 Å². The van der Waals surface area contributed by atoms with E-state index >= 15 is 0 Å². The standard InChI is InChI=1S/C29H34N8O2/c1-5-7-20-13-14-31-23(18-20)33-29(39)22-11-9-21(10-12-22)26-27-28(30)32-15-17-37(27)24(34-26)19-36(4)25(38)8-6-16-35(2)3/h6,8-15,17-18H,5,7,16,19H2,1-4H3,(H2,30,32)(H,31,33,39)/b8-6+. The lowest BCUT2D eigenvalue weighted by atomic mass is 10.1. The highest BCUT2D eigenvalue weighted by molar-refractivity contribution is 6.04. The Balaban J connectivity index is 1.56. The van der Waals surface area contributed by atoms with Gasteiger partial charge in [-0.1, -0.05) is 31.6 Å². The zero-order valence-corrected chi connectivity index (χ0v) is 22.8. The molecule has 2 amide bonds. The van der Waals surface area contributed by atoms with Gasteiger partial charge in [-0.2, -0.15) is 0 Å². The molecule has 0 spiro atoms. The molecule has 202 valence electrons. The zero-order chi connectivity index (χ0) is 27.9. The number of nitrogens with zero attached hydrogens (tertiary/aromatic N) is 6. The summed E-state index contributed by atoms with van der Waals surface area (Å²) in [5.41, 5.74) is 9.92. The smallest absolute Gasteiger partial charge is 0.256 e. The summed E-state index contributed by atoms with van der Waals surface area (Å²) in [6, 6.07) is 11.0. The quantitative estimate of drug-likeness (QED) is 0.303. The number of hydrogen-bond acceptors (Lipinski definition) is 7. The van der Waals surface area contributed by atoms with Crippen molar-refractivity contribution in [3.05, 3.63) is 84.1 Å². The number of pyridine rings is 1. The van der Waals surface area contributed by atoms with Crippen molar-refractivity contribution in [2.45, 2.75) is 26.3 Å². The minimum Gasteiger partial charge on any atom is -0.382 e. The number of hydrogen-bond donors (Lipinski definition) is 2. The van der Waals surface area contributed by atoms with Gasteiger partial charge in [0.1, 0.15) is 28.7 Å². The maximum atomic E-state index is 12.9. The molecular weight excluding hydrogens is 492 g/mol. The number of nitrogens with two attached hydrogens (primary N) is 1. The summed E-state index contributed by atoms with van der Waals surface area (Å²) in [5.74, 6) is 1.12. The Morgan fingerprint density at radius 2 is 1.85 bits per heavy atom. The van der Waals surface area contributed by atoms with Crippen LogP contribution in [0, 0.1) is 0 Å². The van der Waals surface area contributed by atoms with E-state index in [1.165, 1.54) is 0 Å². The van der Waals surface area contributed by atoms with Gasteiger partial charge in [-0.25, -0.2) is 15.0 Å². The minimum atomic E-state index is -0.248. The molecule has 0 aliphatic heterocycles. The van der Waals surface area contributed by atoms with Gasteiger partial charge in [-0.3, -0.25) is 14.0 Å². The molecule has 3 N–H and O–H groups in total. The van der Waals surface area contributed by atoms with E-state index in [4.69, 9.17) is 10.7 Å². The van der Waals surface area contributed by atoms with E-state index in [9.17, 15) is 9.59 Å². The van der Waals surface area contributed by atoms with Crippen molar-refractivity contribution in [3.8, 4) is 11.3 Å². The number of nitrogen functional groups attached to an aromatic ring is 1. The van der Waals surface area contributed by atoms with Crippen LogP contribution in [-0.2, 0) is 17.8 Å². The van der Waals surface area contributed by atoms with Crippen molar-refractivity contribution in [1.82, 2.24) is 29.2 Å². The fourth-order valence-electron chi connectivity index (χ4n) is 4.17. The van der Waals surface area contributed by atoms with E-state index in [1.807, 2.05) is 53.7 Å². The second-order valence-corrected chi connectivity index (χ2v) is 9.60. The monoisotopic (exact) mass is 526 g/mol. The highest BCUT2D eigenvalue weighted by atomic mass is 16.2. The lowest BCUT2D eigenvalue weighted by Crippen LogP contribution is -2.25. The fraction of sp³-hybridized carbons (Fsp3) is 0.276. The van der Waals surface area contributed by atoms with Gasteiger partial charge >= 0.3 is 0 Å². The van der Waals surface area contributed by atoms with Crippen LogP contribution in [0.1, 0.15) is 35.1 Å². The highest BCUT2D eigenvalue weighted by Crippen LogP contribution is 2.29. The average molecular weight is 527 g/mol. The molecule has 0 saturated carbocycles. The Bertz CT molecular complexity index is 1490. The lowest BCUT2D eigenvalue weighted by Gasteiger charge is -2.14. The Kier molecular flexibility index (Phi) is 8.67. The van der Waals surface area contributed by atoms with Crippen molar-refractivity contribution < 1.29 is 9.59 Å². The summed E-state index contributed by atoms with van der Waals surface area (Å²) in [6.07, 6.45) is 10.4. The maximum Gasteiger partial charge on any atom is 0.256 e. The molecule has 0 unspecified atom stereocenters.